The van der Waals surface area contributed by atoms with Crippen molar-refractivity contribution in [1.29, 1.82) is 0 Å². The maximum Gasteiger partial charge on any atom is 0.224 e. The Kier molecular flexibility index (Phi) is 3.90. The van der Waals surface area contributed by atoms with Crippen molar-refractivity contribution < 1.29 is 4.79 Å². The molecule has 0 bridgehead atoms. The number of hydrogen-bond acceptors (Lipinski definition) is 2. The highest BCUT2D eigenvalue weighted by atomic mass is 16.1. The number of hydrogen-bond donors (Lipinski definition) is 2. The Balaban J connectivity index is 2.00. The van der Waals surface area contributed by atoms with Gasteiger partial charge in [0.2, 0.25) is 5.91 Å². The number of nitrogens with two attached hydrogens (primary N) is 1. The van der Waals surface area contributed by atoms with Gasteiger partial charge in [0, 0.05) is 6.42 Å². The van der Waals surface area contributed by atoms with E-state index in [4.69, 9.17) is 5.73 Å². The Hall–Kier alpha value is -1.51. The third-order valence-corrected chi connectivity index (χ3v) is 3.89. The van der Waals surface area contributed by atoms with E-state index in [0.29, 0.717) is 18.0 Å². The summed E-state index contributed by atoms with van der Waals surface area (Å²) < 4.78 is 0. The summed E-state index contributed by atoms with van der Waals surface area (Å²) in [6.45, 7) is 4.05. The predicted octanol–water partition coefficient (Wildman–Crippen LogP) is 3.40. The first-order chi connectivity index (χ1) is 8.56. The van der Waals surface area contributed by atoms with Crippen LogP contribution in [0.4, 0.5) is 11.4 Å². The molecule has 18 heavy (non-hydrogen) atoms. The molecule has 1 aromatic rings. The maximum atomic E-state index is 12.0. The van der Waals surface area contributed by atoms with Crippen molar-refractivity contribution in [2.75, 3.05) is 11.1 Å². The fourth-order valence-corrected chi connectivity index (χ4v) is 2.62. The maximum absolute atomic E-state index is 12.0. The molecule has 0 unspecified atom stereocenters. The Bertz CT molecular complexity index is 448. The van der Waals surface area contributed by atoms with Gasteiger partial charge in [-0.2, -0.15) is 0 Å². The van der Waals surface area contributed by atoms with E-state index in [-0.39, 0.29) is 5.91 Å². The first kappa shape index (κ1) is 12.9. The van der Waals surface area contributed by atoms with Gasteiger partial charge in [-0.25, -0.2) is 0 Å². The molecule has 3 heteroatoms. The standard InChI is InChI=1S/C15H22N2O/c1-10-7-13(16)14(8-11(10)2)17-15(18)9-12-5-3-4-6-12/h7-8,12H,3-6,9,16H2,1-2H3,(H,17,18). The summed E-state index contributed by atoms with van der Waals surface area (Å²) in [5, 5.41) is 2.94. The van der Waals surface area contributed by atoms with Gasteiger partial charge in [-0.05, 0) is 55.9 Å². The molecule has 0 spiro atoms. The average Bonchev–Trinajstić information content (AvgIpc) is 2.78. The van der Waals surface area contributed by atoms with Gasteiger partial charge < -0.3 is 11.1 Å². The second kappa shape index (κ2) is 5.42. The molecule has 98 valence electrons. The molecule has 0 atom stereocenters. The predicted molar refractivity (Wildman–Crippen MR) is 75.5 cm³/mol. The van der Waals surface area contributed by atoms with Gasteiger partial charge >= 0.3 is 0 Å². The Morgan fingerprint density at radius 2 is 1.89 bits per heavy atom. The van der Waals surface area contributed by atoms with Crippen LogP contribution in [0.1, 0.15) is 43.2 Å². The summed E-state index contributed by atoms with van der Waals surface area (Å²) in [6.07, 6.45) is 5.55. The number of carbonyl (C=O) groups is 1. The van der Waals surface area contributed by atoms with Crippen molar-refractivity contribution in [2.24, 2.45) is 5.92 Å². The molecule has 0 radical (unpaired) electrons. The van der Waals surface area contributed by atoms with Crippen molar-refractivity contribution >= 4 is 17.3 Å². The first-order valence-corrected chi connectivity index (χ1v) is 6.73. The fraction of sp³-hybridized carbons (Fsp3) is 0.533. The highest BCUT2D eigenvalue weighted by molar-refractivity contribution is 5.94. The lowest BCUT2D eigenvalue weighted by Gasteiger charge is -2.13. The first-order valence-electron chi connectivity index (χ1n) is 6.73. The van der Waals surface area contributed by atoms with E-state index < -0.39 is 0 Å². The van der Waals surface area contributed by atoms with Gasteiger partial charge in [0.25, 0.3) is 0 Å². The molecule has 0 heterocycles. The van der Waals surface area contributed by atoms with E-state index in [9.17, 15) is 4.79 Å². The summed E-state index contributed by atoms with van der Waals surface area (Å²) in [5.74, 6) is 0.662. The normalized spacial score (nSPS) is 15.9. The molecule has 1 aliphatic rings. The molecule has 1 fully saturated rings. The molecular formula is C15H22N2O. The van der Waals surface area contributed by atoms with Crippen LogP contribution >= 0.6 is 0 Å². The topological polar surface area (TPSA) is 55.1 Å². The van der Waals surface area contributed by atoms with Gasteiger partial charge in [0.15, 0.2) is 0 Å². The highest BCUT2D eigenvalue weighted by Crippen LogP contribution is 2.28. The minimum atomic E-state index is 0.0943. The van der Waals surface area contributed by atoms with E-state index in [1.54, 1.807) is 0 Å². The minimum absolute atomic E-state index is 0.0943. The molecular weight excluding hydrogens is 224 g/mol. The van der Waals surface area contributed by atoms with E-state index in [1.165, 1.54) is 25.7 Å². The zero-order chi connectivity index (χ0) is 13.1. The number of nitrogen functional groups attached to an aromatic ring is 1. The number of carbonyl (C=O) groups excluding carboxylic acids is 1. The van der Waals surface area contributed by atoms with Crippen LogP contribution in [0.25, 0.3) is 0 Å². The molecule has 3 nitrogen and oxygen atoms in total. The summed E-state index contributed by atoms with van der Waals surface area (Å²) in [6, 6.07) is 3.87. The van der Waals surface area contributed by atoms with Gasteiger partial charge in [0.05, 0.1) is 11.4 Å². The Morgan fingerprint density at radius 3 is 2.56 bits per heavy atom. The summed E-state index contributed by atoms with van der Waals surface area (Å²) >= 11 is 0. The minimum Gasteiger partial charge on any atom is -0.397 e. The van der Waals surface area contributed by atoms with Crippen LogP contribution in [-0.2, 0) is 4.79 Å². The summed E-state index contributed by atoms with van der Waals surface area (Å²) in [5.41, 5.74) is 9.64. The number of amides is 1. The molecule has 1 amide bonds. The van der Waals surface area contributed by atoms with Crippen LogP contribution in [-0.4, -0.2) is 5.91 Å². The van der Waals surface area contributed by atoms with Crippen molar-refractivity contribution in [3.8, 4) is 0 Å². The zero-order valence-corrected chi connectivity index (χ0v) is 11.3. The van der Waals surface area contributed by atoms with Crippen LogP contribution in [0.3, 0.4) is 0 Å². The van der Waals surface area contributed by atoms with Crippen LogP contribution in [0.2, 0.25) is 0 Å². The summed E-state index contributed by atoms with van der Waals surface area (Å²) in [4.78, 5) is 12.0. The van der Waals surface area contributed by atoms with Gasteiger partial charge in [-0.15, -0.1) is 0 Å². The smallest absolute Gasteiger partial charge is 0.224 e. The number of anilines is 2. The molecule has 0 saturated heterocycles. The Morgan fingerprint density at radius 1 is 1.28 bits per heavy atom. The summed E-state index contributed by atoms with van der Waals surface area (Å²) in [7, 11) is 0. The van der Waals surface area contributed by atoms with Crippen molar-refractivity contribution in [2.45, 2.75) is 46.0 Å². The number of benzene rings is 1. The van der Waals surface area contributed by atoms with Crippen LogP contribution in [0.15, 0.2) is 12.1 Å². The number of nitrogens with one attached hydrogen (secondary N) is 1. The zero-order valence-electron chi connectivity index (χ0n) is 11.3. The van der Waals surface area contributed by atoms with Gasteiger partial charge in [-0.3, -0.25) is 4.79 Å². The quantitative estimate of drug-likeness (QED) is 0.803. The molecule has 0 aliphatic heterocycles. The molecule has 1 saturated carbocycles. The molecule has 3 N–H and O–H groups in total. The lowest BCUT2D eigenvalue weighted by molar-refractivity contribution is -0.117. The van der Waals surface area contributed by atoms with Crippen LogP contribution in [0, 0.1) is 19.8 Å². The van der Waals surface area contributed by atoms with E-state index >= 15 is 0 Å². The van der Waals surface area contributed by atoms with Gasteiger partial charge in [-0.1, -0.05) is 12.8 Å². The molecule has 0 aromatic heterocycles. The molecule has 1 aromatic carbocycles. The number of rotatable bonds is 3. The fourth-order valence-electron chi connectivity index (χ4n) is 2.62. The largest absolute Gasteiger partial charge is 0.397 e. The van der Waals surface area contributed by atoms with Crippen molar-refractivity contribution in [3.63, 3.8) is 0 Å². The van der Waals surface area contributed by atoms with E-state index in [1.807, 2.05) is 26.0 Å². The second-order valence-electron chi connectivity index (χ2n) is 5.43. The lowest BCUT2D eigenvalue weighted by Crippen LogP contribution is -2.16. The Labute approximate surface area is 109 Å². The van der Waals surface area contributed by atoms with Crippen molar-refractivity contribution in [1.82, 2.24) is 0 Å². The second-order valence-corrected chi connectivity index (χ2v) is 5.43. The van der Waals surface area contributed by atoms with Gasteiger partial charge in [0.1, 0.15) is 0 Å². The molecule has 1 aliphatic carbocycles. The lowest BCUT2D eigenvalue weighted by atomic mass is 10.0. The SMILES string of the molecule is Cc1cc(N)c(NC(=O)CC2CCCC2)cc1C. The van der Waals surface area contributed by atoms with E-state index in [0.717, 1.165) is 16.8 Å². The van der Waals surface area contributed by atoms with Crippen LogP contribution in [0.5, 0.6) is 0 Å². The van der Waals surface area contributed by atoms with Crippen LogP contribution < -0.4 is 11.1 Å². The monoisotopic (exact) mass is 246 g/mol. The third-order valence-electron chi connectivity index (χ3n) is 3.89. The highest BCUT2D eigenvalue weighted by Gasteiger charge is 2.18. The average molecular weight is 246 g/mol. The molecule has 2 rings (SSSR count). The van der Waals surface area contributed by atoms with E-state index in [2.05, 4.69) is 5.32 Å². The third kappa shape index (κ3) is 3.03. The van der Waals surface area contributed by atoms with Crippen molar-refractivity contribution in [3.05, 3.63) is 23.3 Å². The number of aryl methyl sites for hydroxylation is 2.